The van der Waals surface area contributed by atoms with Gasteiger partial charge in [0.25, 0.3) is 5.91 Å². The number of ether oxygens (including phenoxy) is 1. The van der Waals surface area contributed by atoms with Crippen LogP contribution in [-0.2, 0) is 16.4 Å². The SMILES string of the molecule is COc1c(NC(=O)c2ccc(C)c(Nc3ncnc4ccc(C5=CCN(C)CC5)nc34)c2)cc(C(C)(C)C)cc1NS(C)=O. The number of fused-ring (bicyclic) bond motifs is 1. The number of anilines is 4. The molecule has 5 rings (SSSR count). The second-order valence-electron chi connectivity index (χ2n) is 12.0. The smallest absolute Gasteiger partial charge is 0.255 e. The lowest BCUT2D eigenvalue weighted by molar-refractivity contribution is 0.102. The highest BCUT2D eigenvalue weighted by Gasteiger charge is 2.22. The van der Waals surface area contributed by atoms with E-state index in [1.165, 1.54) is 19.0 Å². The van der Waals surface area contributed by atoms with Gasteiger partial charge in [-0.15, -0.1) is 0 Å². The van der Waals surface area contributed by atoms with E-state index in [1.807, 2.05) is 37.3 Å². The first-order valence-electron chi connectivity index (χ1n) is 14.4. The summed E-state index contributed by atoms with van der Waals surface area (Å²) in [6.45, 7) is 10.1. The highest BCUT2D eigenvalue weighted by atomic mass is 32.2. The van der Waals surface area contributed by atoms with E-state index >= 15 is 0 Å². The standard InChI is InChI=1S/C33H39N7O3S/c1-20-8-9-22(32(41)38-27-17-23(33(2,3)4)18-28(30(27)43-6)39-44(7)42)16-26(20)37-31-29-25(34-19-35-31)11-10-24(36-29)21-12-14-40(5)15-13-21/h8-12,16-19,39H,13-15H2,1-7H3,(H,38,41)(H,34,35,37). The number of hydrogen-bond acceptors (Lipinski definition) is 8. The van der Waals surface area contributed by atoms with Gasteiger partial charge in [0.1, 0.15) is 22.8 Å². The monoisotopic (exact) mass is 613 g/mol. The average molecular weight is 614 g/mol. The van der Waals surface area contributed by atoms with Gasteiger partial charge in [0, 0.05) is 30.6 Å². The number of nitrogens with one attached hydrogen (secondary N) is 3. The van der Waals surface area contributed by atoms with Gasteiger partial charge in [0.15, 0.2) is 11.6 Å². The number of rotatable bonds is 8. The van der Waals surface area contributed by atoms with Gasteiger partial charge < -0.3 is 25.0 Å². The van der Waals surface area contributed by atoms with Crippen molar-refractivity contribution in [2.24, 2.45) is 0 Å². The summed E-state index contributed by atoms with van der Waals surface area (Å²) < 4.78 is 20.6. The van der Waals surface area contributed by atoms with E-state index in [9.17, 15) is 9.00 Å². The number of carbonyl (C=O) groups excluding carboxylic acids is 1. The third-order valence-electron chi connectivity index (χ3n) is 7.64. The van der Waals surface area contributed by atoms with Gasteiger partial charge in [-0.3, -0.25) is 4.79 Å². The van der Waals surface area contributed by atoms with Crippen molar-refractivity contribution in [1.29, 1.82) is 0 Å². The molecule has 1 aliphatic heterocycles. The Hall–Kier alpha value is -4.35. The topological polar surface area (TPSA) is 121 Å². The maximum absolute atomic E-state index is 13.6. The Balaban J connectivity index is 1.46. The first-order chi connectivity index (χ1) is 20.9. The molecule has 2 aromatic carbocycles. The molecule has 0 fully saturated rings. The predicted octanol–water partition coefficient (Wildman–Crippen LogP) is 6.06. The molecule has 3 heterocycles. The van der Waals surface area contributed by atoms with Gasteiger partial charge >= 0.3 is 0 Å². The highest BCUT2D eigenvalue weighted by molar-refractivity contribution is 7.85. The quantitative estimate of drug-likeness (QED) is 0.219. The molecule has 3 N–H and O–H groups in total. The zero-order chi connectivity index (χ0) is 31.6. The molecule has 0 spiro atoms. The van der Waals surface area contributed by atoms with Crippen LogP contribution in [0.25, 0.3) is 16.6 Å². The molecule has 0 radical (unpaired) electrons. The summed E-state index contributed by atoms with van der Waals surface area (Å²) in [4.78, 5) is 29.8. The minimum Gasteiger partial charge on any atom is -0.492 e. The summed E-state index contributed by atoms with van der Waals surface area (Å²) in [5, 5.41) is 6.42. The molecular weight excluding hydrogens is 574 g/mol. The number of hydrogen-bond donors (Lipinski definition) is 3. The normalized spacial score (nSPS) is 14.6. The molecule has 2 aromatic heterocycles. The maximum Gasteiger partial charge on any atom is 0.255 e. The van der Waals surface area contributed by atoms with Crippen molar-refractivity contribution in [1.82, 2.24) is 19.9 Å². The van der Waals surface area contributed by atoms with E-state index in [0.717, 1.165) is 47.5 Å². The first-order valence-corrected chi connectivity index (χ1v) is 16.0. The van der Waals surface area contributed by atoms with E-state index in [-0.39, 0.29) is 11.3 Å². The summed E-state index contributed by atoms with van der Waals surface area (Å²) in [6.07, 6.45) is 6.20. The number of nitrogens with zero attached hydrogens (tertiary/aromatic N) is 4. The van der Waals surface area contributed by atoms with Gasteiger partial charge in [-0.05, 0) is 78.9 Å². The van der Waals surface area contributed by atoms with Crippen LogP contribution in [-0.4, -0.2) is 63.5 Å². The summed E-state index contributed by atoms with van der Waals surface area (Å²) in [5.74, 6) is 0.651. The van der Waals surface area contributed by atoms with Crippen molar-refractivity contribution in [2.45, 2.75) is 39.5 Å². The van der Waals surface area contributed by atoms with E-state index < -0.39 is 11.0 Å². The predicted molar refractivity (Wildman–Crippen MR) is 179 cm³/mol. The molecule has 0 aliphatic carbocycles. The molecule has 230 valence electrons. The Morgan fingerprint density at radius 3 is 2.50 bits per heavy atom. The Morgan fingerprint density at radius 1 is 1.05 bits per heavy atom. The molecule has 44 heavy (non-hydrogen) atoms. The lowest BCUT2D eigenvalue weighted by Crippen LogP contribution is -2.23. The molecule has 1 atom stereocenters. The third kappa shape index (κ3) is 6.89. The first kappa shape index (κ1) is 31.1. The van der Waals surface area contributed by atoms with E-state index in [0.29, 0.717) is 34.0 Å². The molecule has 1 aliphatic rings. The fourth-order valence-corrected chi connectivity index (χ4v) is 5.50. The van der Waals surface area contributed by atoms with Gasteiger partial charge in [-0.1, -0.05) is 32.9 Å². The number of amides is 1. The van der Waals surface area contributed by atoms with E-state index in [1.54, 1.807) is 18.4 Å². The molecule has 0 bridgehead atoms. The second-order valence-corrected chi connectivity index (χ2v) is 13.2. The fourth-order valence-electron chi connectivity index (χ4n) is 5.04. The van der Waals surface area contributed by atoms with Gasteiger partial charge in [0.2, 0.25) is 0 Å². The number of carbonyl (C=O) groups is 1. The fraction of sp³-hybridized carbons (Fsp3) is 0.333. The van der Waals surface area contributed by atoms with Crippen LogP contribution in [0.1, 0.15) is 54.4 Å². The minimum atomic E-state index is -1.33. The number of methoxy groups -OCH3 is 1. The molecule has 1 unspecified atom stereocenters. The molecule has 1 amide bonds. The van der Waals surface area contributed by atoms with Crippen molar-refractivity contribution < 1.29 is 13.7 Å². The summed E-state index contributed by atoms with van der Waals surface area (Å²) in [5.41, 5.74) is 7.38. The Bertz CT molecular complexity index is 1780. The van der Waals surface area contributed by atoms with Crippen molar-refractivity contribution in [3.8, 4) is 5.75 Å². The lowest BCUT2D eigenvalue weighted by atomic mass is 9.86. The lowest BCUT2D eigenvalue weighted by Gasteiger charge is -2.24. The molecule has 10 nitrogen and oxygen atoms in total. The van der Waals surface area contributed by atoms with Crippen LogP contribution in [0.2, 0.25) is 0 Å². The zero-order valence-electron chi connectivity index (χ0n) is 26.2. The van der Waals surface area contributed by atoms with Crippen LogP contribution in [0.15, 0.2) is 54.9 Å². The van der Waals surface area contributed by atoms with Crippen molar-refractivity contribution in [3.63, 3.8) is 0 Å². The number of aromatic nitrogens is 3. The van der Waals surface area contributed by atoms with Crippen LogP contribution < -0.4 is 20.1 Å². The Morgan fingerprint density at radius 2 is 1.82 bits per heavy atom. The van der Waals surface area contributed by atoms with Gasteiger partial charge in [-0.2, -0.15) is 0 Å². The van der Waals surface area contributed by atoms with E-state index in [4.69, 9.17) is 9.72 Å². The molecule has 0 saturated carbocycles. The number of aryl methyl sites for hydroxylation is 1. The average Bonchev–Trinajstić information content (AvgIpc) is 2.97. The molecular formula is C33H39N7O3S. The minimum absolute atomic E-state index is 0.226. The van der Waals surface area contributed by atoms with Crippen molar-refractivity contribution in [2.75, 3.05) is 48.9 Å². The molecule has 4 aromatic rings. The van der Waals surface area contributed by atoms with Crippen molar-refractivity contribution >= 4 is 56.4 Å². The largest absolute Gasteiger partial charge is 0.492 e. The number of benzene rings is 2. The van der Waals surface area contributed by atoms with Gasteiger partial charge in [-0.25, -0.2) is 19.2 Å². The van der Waals surface area contributed by atoms with Crippen LogP contribution >= 0.6 is 0 Å². The van der Waals surface area contributed by atoms with E-state index in [2.05, 4.69) is 64.1 Å². The second kappa shape index (κ2) is 12.7. The molecule has 11 heteroatoms. The zero-order valence-corrected chi connectivity index (χ0v) is 27.1. The third-order valence-corrected chi connectivity index (χ3v) is 8.14. The molecule has 0 saturated heterocycles. The Labute approximate surface area is 260 Å². The summed E-state index contributed by atoms with van der Waals surface area (Å²) >= 11 is 0. The van der Waals surface area contributed by atoms with Crippen molar-refractivity contribution in [3.05, 3.63) is 77.3 Å². The number of pyridine rings is 1. The number of likely N-dealkylation sites (N-methyl/N-ethyl adjacent to an activating group) is 1. The van der Waals surface area contributed by atoms with Crippen LogP contribution in [0, 0.1) is 6.92 Å². The van der Waals surface area contributed by atoms with Gasteiger partial charge in [0.05, 0.1) is 29.7 Å². The summed E-state index contributed by atoms with van der Waals surface area (Å²) in [7, 11) is 2.30. The van der Waals surface area contributed by atoms with Crippen LogP contribution in [0.5, 0.6) is 5.75 Å². The van der Waals surface area contributed by atoms with Crippen LogP contribution in [0.4, 0.5) is 22.9 Å². The maximum atomic E-state index is 13.6. The summed E-state index contributed by atoms with van der Waals surface area (Å²) in [6, 6.07) is 13.2. The Kier molecular flexibility index (Phi) is 8.98. The van der Waals surface area contributed by atoms with Crippen LogP contribution in [0.3, 0.4) is 0 Å². The highest BCUT2D eigenvalue weighted by Crippen LogP contribution is 2.39.